The number of aromatic nitrogens is 2. The Kier molecular flexibility index (Phi) is 5.16. The number of benzene rings is 1. The molecule has 0 spiro atoms. The first-order valence-electron chi connectivity index (χ1n) is 7.89. The standard InChI is InChI=1S/C17H21IN3O2P/c1-17(2,3)23-16(22)20-8-6-12(7-9-20)13-4-5-14-11-19-21(24-18)15(14)10-13/h4-6,10-11,24H,7-9H2,1-3H3. The van der Waals surface area contributed by atoms with Crippen LogP contribution in [0.4, 0.5) is 4.79 Å². The molecule has 0 saturated heterocycles. The molecule has 24 heavy (non-hydrogen) atoms. The minimum atomic E-state index is -0.454. The Morgan fingerprint density at radius 3 is 2.79 bits per heavy atom. The van der Waals surface area contributed by atoms with Gasteiger partial charge in [-0.1, -0.05) is 18.2 Å². The van der Waals surface area contributed by atoms with Crippen molar-refractivity contribution in [3.05, 3.63) is 36.0 Å². The highest BCUT2D eigenvalue weighted by Crippen LogP contribution is 2.31. The molecule has 2 heterocycles. The molecule has 0 fully saturated rings. The van der Waals surface area contributed by atoms with Crippen LogP contribution in [0, 0.1) is 0 Å². The molecule has 0 saturated carbocycles. The van der Waals surface area contributed by atoms with Crippen molar-refractivity contribution in [3.63, 3.8) is 0 Å². The smallest absolute Gasteiger partial charge is 0.410 e. The fraction of sp³-hybridized carbons (Fsp3) is 0.412. The average molecular weight is 457 g/mol. The Hall–Kier alpha value is -1.14. The van der Waals surface area contributed by atoms with E-state index in [1.54, 1.807) is 4.90 Å². The summed E-state index contributed by atoms with van der Waals surface area (Å²) in [5.41, 5.74) is 3.20. The van der Waals surface area contributed by atoms with E-state index in [4.69, 9.17) is 4.74 Å². The summed E-state index contributed by atoms with van der Waals surface area (Å²) in [5.74, 6) is 0. The van der Waals surface area contributed by atoms with Crippen LogP contribution in [0.15, 0.2) is 30.5 Å². The Bertz CT molecular complexity index is 795. The highest BCUT2D eigenvalue weighted by atomic mass is 127. The van der Waals surface area contributed by atoms with E-state index in [0.29, 0.717) is 19.5 Å². The lowest BCUT2D eigenvalue weighted by Gasteiger charge is -2.29. The first-order valence-corrected chi connectivity index (χ1v) is 12.0. The van der Waals surface area contributed by atoms with E-state index in [9.17, 15) is 4.79 Å². The van der Waals surface area contributed by atoms with Crippen molar-refractivity contribution < 1.29 is 9.53 Å². The fourth-order valence-corrected chi connectivity index (χ4v) is 4.25. The molecule has 2 aromatic rings. The van der Waals surface area contributed by atoms with Crippen molar-refractivity contribution in [2.24, 2.45) is 0 Å². The Balaban J connectivity index is 1.76. The average Bonchev–Trinajstić information content (AvgIpc) is 2.95. The predicted molar refractivity (Wildman–Crippen MR) is 108 cm³/mol. The minimum Gasteiger partial charge on any atom is -0.444 e. The molecule has 128 valence electrons. The summed E-state index contributed by atoms with van der Waals surface area (Å²) in [6.07, 6.45) is 5.22. The van der Waals surface area contributed by atoms with Gasteiger partial charge in [0.25, 0.3) is 0 Å². The van der Waals surface area contributed by atoms with Gasteiger partial charge in [-0.15, -0.1) is 0 Å². The highest BCUT2D eigenvalue weighted by molar-refractivity contribution is 14.2. The van der Waals surface area contributed by atoms with Gasteiger partial charge in [0.05, 0.1) is 18.1 Å². The van der Waals surface area contributed by atoms with Crippen LogP contribution in [0.25, 0.3) is 16.5 Å². The van der Waals surface area contributed by atoms with Gasteiger partial charge in [0.1, 0.15) is 5.60 Å². The van der Waals surface area contributed by atoms with E-state index in [1.165, 1.54) is 11.1 Å². The third-order valence-corrected chi connectivity index (χ3v) is 5.77. The third kappa shape index (κ3) is 3.91. The van der Waals surface area contributed by atoms with Crippen LogP contribution < -0.4 is 0 Å². The molecule has 1 aliphatic heterocycles. The Morgan fingerprint density at radius 1 is 1.38 bits per heavy atom. The molecule has 5 nitrogen and oxygen atoms in total. The van der Waals surface area contributed by atoms with Gasteiger partial charge >= 0.3 is 6.09 Å². The molecule has 1 aromatic carbocycles. The van der Waals surface area contributed by atoms with Gasteiger partial charge in [-0.05, 0) is 66.4 Å². The van der Waals surface area contributed by atoms with Crippen molar-refractivity contribution in [1.82, 2.24) is 14.5 Å². The summed E-state index contributed by atoms with van der Waals surface area (Å²) >= 11 is 2.34. The highest BCUT2D eigenvalue weighted by Gasteiger charge is 2.24. The predicted octanol–water partition coefficient (Wildman–Crippen LogP) is 4.85. The number of rotatable bonds is 2. The van der Waals surface area contributed by atoms with Crippen LogP contribution in [-0.4, -0.2) is 39.2 Å². The lowest BCUT2D eigenvalue weighted by atomic mass is 9.99. The zero-order chi connectivity index (χ0) is 17.3. The molecule has 7 heteroatoms. The van der Waals surface area contributed by atoms with Crippen LogP contribution in [0.5, 0.6) is 0 Å². The van der Waals surface area contributed by atoms with Gasteiger partial charge in [-0.3, -0.25) is 0 Å². The van der Waals surface area contributed by atoms with E-state index in [1.807, 2.05) is 31.4 Å². The molecule has 1 unspecified atom stereocenters. The molecule has 0 bridgehead atoms. The second-order valence-electron chi connectivity index (χ2n) is 6.82. The molecule has 1 amide bonds. The molecule has 3 rings (SSSR count). The molecule has 1 atom stereocenters. The van der Waals surface area contributed by atoms with Gasteiger partial charge < -0.3 is 9.64 Å². The lowest BCUT2D eigenvalue weighted by molar-refractivity contribution is 0.0270. The second kappa shape index (κ2) is 7.00. The molecule has 0 aliphatic carbocycles. The van der Waals surface area contributed by atoms with Crippen LogP contribution in [0.1, 0.15) is 32.8 Å². The second-order valence-corrected chi connectivity index (χ2v) is 8.86. The summed E-state index contributed by atoms with van der Waals surface area (Å²) in [6, 6.07) is 6.45. The largest absolute Gasteiger partial charge is 0.444 e. The minimum absolute atomic E-state index is 0.238. The lowest BCUT2D eigenvalue weighted by Crippen LogP contribution is -2.39. The number of carbonyl (C=O) groups excluding carboxylic acids is 1. The quantitative estimate of drug-likeness (QED) is 0.479. The number of amides is 1. The molecule has 0 radical (unpaired) electrons. The van der Waals surface area contributed by atoms with E-state index >= 15 is 0 Å². The van der Waals surface area contributed by atoms with Gasteiger partial charge in [0.2, 0.25) is 0 Å². The zero-order valence-corrected chi connectivity index (χ0v) is 17.2. The summed E-state index contributed by atoms with van der Waals surface area (Å²) < 4.78 is 7.47. The van der Waals surface area contributed by atoms with Gasteiger partial charge in [0, 0.05) is 18.5 Å². The fourth-order valence-electron chi connectivity index (χ4n) is 2.71. The third-order valence-electron chi connectivity index (χ3n) is 3.88. The summed E-state index contributed by atoms with van der Waals surface area (Å²) in [5, 5.41) is 5.56. The van der Waals surface area contributed by atoms with Crippen LogP contribution >= 0.6 is 28.4 Å². The number of ether oxygens (including phenoxy) is 1. The van der Waals surface area contributed by atoms with E-state index in [2.05, 4.69) is 51.4 Å². The van der Waals surface area contributed by atoms with Crippen LogP contribution in [0.2, 0.25) is 0 Å². The van der Waals surface area contributed by atoms with Crippen LogP contribution in [-0.2, 0) is 4.74 Å². The maximum atomic E-state index is 12.1. The van der Waals surface area contributed by atoms with E-state index in [-0.39, 0.29) is 6.09 Å². The number of nitrogens with zero attached hydrogens (tertiary/aromatic N) is 3. The maximum Gasteiger partial charge on any atom is 0.410 e. The Morgan fingerprint density at radius 2 is 2.17 bits per heavy atom. The maximum absolute atomic E-state index is 12.1. The number of hydrogen-bond donors (Lipinski definition) is 0. The monoisotopic (exact) mass is 457 g/mol. The first kappa shape index (κ1) is 17.7. The van der Waals surface area contributed by atoms with Crippen molar-refractivity contribution in [1.29, 1.82) is 0 Å². The van der Waals surface area contributed by atoms with Crippen molar-refractivity contribution in [2.75, 3.05) is 13.1 Å². The molecular formula is C17H21IN3O2P. The van der Waals surface area contributed by atoms with Crippen LogP contribution in [0.3, 0.4) is 0 Å². The summed E-state index contributed by atoms with van der Waals surface area (Å²) in [4.78, 5) is 13.9. The number of fused-ring (bicyclic) bond motifs is 1. The SMILES string of the molecule is CC(C)(C)OC(=O)N1CC=C(c2ccc3cnn(PI)c3c2)CC1. The first-order chi connectivity index (χ1) is 11.4. The Labute approximate surface area is 156 Å². The van der Waals surface area contributed by atoms with Gasteiger partial charge in [0.15, 0.2) is 0 Å². The van der Waals surface area contributed by atoms with Crippen molar-refractivity contribution >= 4 is 51.0 Å². The van der Waals surface area contributed by atoms with Crippen molar-refractivity contribution in [2.45, 2.75) is 32.8 Å². The molecule has 1 aliphatic rings. The normalized spacial score (nSPS) is 16.0. The topological polar surface area (TPSA) is 47.4 Å². The number of carbonyl (C=O) groups is 1. The summed E-state index contributed by atoms with van der Waals surface area (Å²) in [7, 11) is 0. The van der Waals surface area contributed by atoms with Crippen molar-refractivity contribution in [3.8, 4) is 0 Å². The molecule has 0 N–H and O–H groups in total. The molecular weight excluding hydrogens is 436 g/mol. The van der Waals surface area contributed by atoms with E-state index < -0.39 is 5.60 Å². The molecule has 1 aromatic heterocycles. The number of halogens is 1. The van der Waals surface area contributed by atoms with E-state index in [0.717, 1.165) is 17.3 Å². The van der Waals surface area contributed by atoms with Gasteiger partial charge in [-0.25, -0.2) is 9.25 Å². The summed E-state index contributed by atoms with van der Waals surface area (Å²) in [6.45, 7) is 6.95. The zero-order valence-electron chi connectivity index (χ0n) is 14.0. The number of hydrogen-bond acceptors (Lipinski definition) is 3. The van der Waals surface area contributed by atoms with Gasteiger partial charge in [-0.2, -0.15) is 5.10 Å².